The maximum Gasteiger partial charge on any atom is 0.237 e. The third kappa shape index (κ3) is 1.50. The molecule has 0 aliphatic carbocycles. The van der Waals surface area contributed by atoms with E-state index in [9.17, 15) is 4.21 Å². The average molecular weight is 149 g/mol. The minimum absolute atomic E-state index is 0.236. The van der Waals surface area contributed by atoms with Crippen molar-refractivity contribution in [1.82, 2.24) is 4.31 Å². The van der Waals surface area contributed by atoms with Crippen molar-refractivity contribution < 1.29 is 8.39 Å². The molecule has 0 aromatic rings. The molecule has 0 spiro atoms. The summed E-state index contributed by atoms with van der Waals surface area (Å²) >= 11 is -1.20. The van der Waals surface area contributed by atoms with Crippen LogP contribution in [0.3, 0.4) is 0 Å². The van der Waals surface area contributed by atoms with Crippen LogP contribution in [0.2, 0.25) is 0 Å². The predicted molar refractivity (Wildman–Crippen MR) is 35.9 cm³/mol. The molecule has 1 atom stereocenters. The Bertz CT molecular complexity index is 146. The second-order valence-electron chi connectivity index (χ2n) is 2.85. The van der Waals surface area contributed by atoms with Crippen molar-refractivity contribution >= 4 is 11.3 Å². The number of likely N-dealkylation sites (N-methyl/N-ethyl adjacent to an activating group) is 1. The summed E-state index contributed by atoms with van der Waals surface area (Å²) in [6, 6.07) is 0. The molecule has 1 fully saturated rings. The summed E-state index contributed by atoms with van der Waals surface area (Å²) in [4.78, 5) is 0. The van der Waals surface area contributed by atoms with Crippen molar-refractivity contribution in [3.8, 4) is 0 Å². The van der Waals surface area contributed by atoms with Crippen LogP contribution in [0.1, 0.15) is 13.8 Å². The molecule has 0 radical (unpaired) electrons. The molecule has 9 heavy (non-hydrogen) atoms. The van der Waals surface area contributed by atoms with Gasteiger partial charge in [-0.05, 0) is 13.8 Å². The molecule has 1 aliphatic rings. The molecule has 0 bridgehead atoms. The first-order chi connectivity index (χ1) is 4.01. The fraction of sp³-hybridized carbons (Fsp3) is 1.00. The highest BCUT2D eigenvalue weighted by molar-refractivity contribution is 7.77. The van der Waals surface area contributed by atoms with Crippen molar-refractivity contribution in [2.75, 3.05) is 13.6 Å². The lowest BCUT2D eigenvalue weighted by Crippen LogP contribution is -2.25. The zero-order chi connectivity index (χ0) is 7.07. The van der Waals surface area contributed by atoms with E-state index in [1.807, 2.05) is 13.8 Å². The van der Waals surface area contributed by atoms with Gasteiger partial charge in [0.15, 0.2) is 0 Å². The van der Waals surface area contributed by atoms with Crippen LogP contribution in [0.5, 0.6) is 0 Å². The van der Waals surface area contributed by atoms with Gasteiger partial charge in [-0.1, -0.05) is 0 Å². The van der Waals surface area contributed by atoms with Crippen molar-refractivity contribution in [2.24, 2.45) is 0 Å². The first kappa shape index (κ1) is 7.18. The zero-order valence-corrected chi connectivity index (χ0v) is 6.70. The minimum atomic E-state index is -1.20. The molecule has 1 unspecified atom stereocenters. The quantitative estimate of drug-likeness (QED) is 0.496. The van der Waals surface area contributed by atoms with Crippen molar-refractivity contribution in [3.05, 3.63) is 0 Å². The van der Waals surface area contributed by atoms with Gasteiger partial charge >= 0.3 is 0 Å². The van der Waals surface area contributed by atoms with Crippen LogP contribution < -0.4 is 0 Å². The van der Waals surface area contributed by atoms with E-state index in [1.165, 1.54) is 0 Å². The number of rotatable bonds is 0. The Morgan fingerprint density at radius 1 is 1.67 bits per heavy atom. The first-order valence-electron chi connectivity index (χ1n) is 2.84. The van der Waals surface area contributed by atoms with E-state index in [4.69, 9.17) is 4.18 Å². The summed E-state index contributed by atoms with van der Waals surface area (Å²) in [6.07, 6.45) is 0. The van der Waals surface area contributed by atoms with Crippen LogP contribution in [-0.4, -0.2) is 27.7 Å². The Kier molecular flexibility index (Phi) is 1.63. The van der Waals surface area contributed by atoms with Gasteiger partial charge in [0.05, 0.1) is 5.60 Å². The highest BCUT2D eigenvalue weighted by atomic mass is 32.2. The van der Waals surface area contributed by atoms with E-state index in [-0.39, 0.29) is 5.60 Å². The lowest BCUT2D eigenvalue weighted by atomic mass is 10.1. The molecule has 0 amide bonds. The summed E-state index contributed by atoms with van der Waals surface area (Å²) in [5.41, 5.74) is -0.236. The molecule has 1 aliphatic heterocycles. The Labute approximate surface area is 57.8 Å². The van der Waals surface area contributed by atoms with Gasteiger partial charge in [-0.25, -0.2) is 8.51 Å². The van der Waals surface area contributed by atoms with Gasteiger partial charge in [0.25, 0.3) is 0 Å². The molecule has 1 saturated heterocycles. The molecular formula is C5H11NO2S. The van der Waals surface area contributed by atoms with E-state index < -0.39 is 11.3 Å². The van der Waals surface area contributed by atoms with E-state index in [0.717, 1.165) is 6.54 Å². The second-order valence-corrected chi connectivity index (χ2v) is 4.07. The van der Waals surface area contributed by atoms with Gasteiger partial charge < -0.3 is 0 Å². The molecule has 3 nitrogen and oxygen atoms in total. The Morgan fingerprint density at radius 2 is 2.22 bits per heavy atom. The molecule has 54 valence electrons. The molecule has 0 aromatic carbocycles. The molecule has 0 N–H and O–H groups in total. The monoisotopic (exact) mass is 149 g/mol. The smallest absolute Gasteiger partial charge is 0.237 e. The lowest BCUT2D eigenvalue weighted by Gasteiger charge is -2.11. The fourth-order valence-corrected chi connectivity index (χ4v) is 1.85. The molecule has 0 aromatic heterocycles. The number of hydrogen-bond donors (Lipinski definition) is 0. The van der Waals surface area contributed by atoms with Crippen LogP contribution in [0.4, 0.5) is 0 Å². The summed E-state index contributed by atoms with van der Waals surface area (Å²) in [7, 11) is 1.78. The standard InChI is InChI=1S/C5H11NO2S/c1-5(2)4-6(3)9(7)8-5/h4H2,1-3H3. The Morgan fingerprint density at radius 3 is 2.33 bits per heavy atom. The Hall–Kier alpha value is 0.0700. The maximum absolute atomic E-state index is 10.8. The normalized spacial score (nSPS) is 35.2. The minimum Gasteiger partial charge on any atom is -0.271 e. The summed E-state index contributed by atoms with van der Waals surface area (Å²) in [5.74, 6) is 0. The van der Waals surface area contributed by atoms with E-state index in [0.29, 0.717) is 0 Å². The van der Waals surface area contributed by atoms with Gasteiger partial charge in [-0.2, -0.15) is 0 Å². The first-order valence-corrected chi connectivity index (χ1v) is 3.87. The fourth-order valence-electron chi connectivity index (χ4n) is 0.872. The maximum atomic E-state index is 10.8. The van der Waals surface area contributed by atoms with Gasteiger partial charge in [-0.15, -0.1) is 0 Å². The summed E-state index contributed by atoms with van der Waals surface area (Å²) in [6.45, 7) is 4.59. The molecule has 1 rings (SSSR count). The van der Waals surface area contributed by atoms with Gasteiger partial charge in [0, 0.05) is 13.6 Å². The van der Waals surface area contributed by atoms with Crippen LogP contribution in [-0.2, 0) is 15.4 Å². The third-order valence-corrected chi connectivity index (χ3v) is 2.39. The largest absolute Gasteiger partial charge is 0.271 e. The molecular weight excluding hydrogens is 138 g/mol. The van der Waals surface area contributed by atoms with Crippen LogP contribution >= 0.6 is 0 Å². The number of hydrogen-bond acceptors (Lipinski definition) is 2. The average Bonchev–Trinajstić information content (AvgIpc) is 1.79. The van der Waals surface area contributed by atoms with Gasteiger partial charge in [0.1, 0.15) is 0 Å². The van der Waals surface area contributed by atoms with Crippen LogP contribution in [0.15, 0.2) is 0 Å². The molecule has 0 saturated carbocycles. The third-order valence-electron chi connectivity index (χ3n) is 1.15. The van der Waals surface area contributed by atoms with Crippen LogP contribution in [0, 0.1) is 0 Å². The zero-order valence-electron chi connectivity index (χ0n) is 5.88. The van der Waals surface area contributed by atoms with Crippen molar-refractivity contribution in [2.45, 2.75) is 19.4 Å². The topological polar surface area (TPSA) is 29.5 Å². The lowest BCUT2D eigenvalue weighted by molar-refractivity contribution is 0.157. The highest BCUT2D eigenvalue weighted by Crippen LogP contribution is 2.21. The summed E-state index contributed by atoms with van der Waals surface area (Å²) in [5, 5.41) is 0. The van der Waals surface area contributed by atoms with E-state index in [1.54, 1.807) is 11.4 Å². The predicted octanol–water partition coefficient (Wildman–Crippen LogP) is 0.306. The van der Waals surface area contributed by atoms with Crippen LogP contribution in [0.25, 0.3) is 0 Å². The van der Waals surface area contributed by atoms with Crippen molar-refractivity contribution in [1.29, 1.82) is 0 Å². The van der Waals surface area contributed by atoms with Gasteiger partial charge in [-0.3, -0.25) is 4.18 Å². The summed E-state index contributed by atoms with van der Waals surface area (Å²) < 4.78 is 17.5. The molecule has 4 heteroatoms. The van der Waals surface area contributed by atoms with E-state index >= 15 is 0 Å². The number of nitrogens with zero attached hydrogens (tertiary/aromatic N) is 1. The van der Waals surface area contributed by atoms with Crippen molar-refractivity contribution in [3.63, 3.8) is 0 Å². The van der Waals surface area contributed by atoms with E-state index in [2.05, 4.69) is 0 Å². The SMILES string of the molecule is CN1CC(C)(C)OS1=O. The second kappa shape index (κ2) is 2.04. The highest BCUT2D eigenvalue weighted by Gasteiger charge is 2.34. The Balaban J connectivity index is 2.65. The molecule has 1 heterocycles. The van der Waals surface area contributed by atoms with Gasteiger partial charge in [0.2, 0.25) is 11.3 Å².